The summed E-state index contributed by atoms with van der Waals surface area (Å²) in [5.41, 5.74) is 5.40. The van der Waals surface area contributed by atoms with Crippen LogP contribution in [0.3, 0.4) is 0 Å². The first-order valence-corrected chi connectivity index (χ1v) is 8.97. The number of rotatable bonds is 4. The average Bonchev–Trinajstić information content (AvgIpc) is 2.75. The van der Waals surface area contributed by atoms with Crippen LogP contribution in [-0.4, -0.2) is 22.9 Å². The number of pyridine rings is 2. The van der Waals surface area contributed by atoms with E-state index in [1.54, 1.807) is 35.6 Å². The SMILES string of the molecule is CN1C(=O)CCc2cccc(-c3cncc(COc4cc(C#N)ccn4)c3)c21. The molecule has 0 atom stereocenters. The molecule has 0 aliphatic carbocycles. The Kier molecular flexibility index (Phi) is 4.73. The van der Waals surface area contributed by atoms with E-state index in [9.17, 15) is 4.79 Å². The number of fused-ring (bicyclic) bond motifs is 1. The van der Waals surface area contributed by atoms with Crippen molar-refractivity contribution in [2.75, 3.05) is 11.9 Å². The van der Waals surface area contributed by atoms with Crippen molar-refractivity contribution in [3.05, 3.63) is 71.7 Å². The van der Waals surface area contributed by atoms with Crippen molar-refractivity contribution in [3.8, 4) is 23.1 Å². The molecule has 1 amide bonds. The first-order chi connectivity index (χ1) is 13.7. The molecule has 0 saturated heterocycles. The summed E-state index contributed by atoms with van der Waals surface area (Å²) >= 11 is 0. The number of aromatic nitrogens is 2. The molecule has 0 saturated carbocycles. The average molecular weight is 370 g/mol. The van der Waals surface area contributed by atoms with E-state index < -0.39 is 0 Å². The van der Waals surface area contributed by atoms with Gasteiger partial charge in [-0.1, -0.05) is 18.2 Å². The molecule has 6 heteroatoms. The van der Waals surface area contributed by atoms with Crippen LogP contribution in [0.1, 0.15) is 23.1 Å². The number of benzene rings is 1. The van der Waals surface area contributed by atoms with Crippen molar-refractivity contribution in [2.24, 2.45) is 0 Å². The third-order valence-electron chi connectivity index (χ3n) is 4.79. The first kappa shape index (κ1) is 17.7. The van der Waals surface area contributed by atoms with E-state index in [4.69, 9.17) is 10.00 Å². The number of carbonyl (C=O) groups is 1. The number of hydrogen-bond acceptors (Lipinski definition) is 5. The zero-order chi connectivity index (χ0) is 19.5. The molecule has 0 bridgehead atoms. The third kappa shape index (κ3) is 3.42. The van der Waals surface area contributed by atoms with Crippen LogP contribution < -0.4 is 9.64 Å². The van der Waals surface area contributed by atoms with Crippen LogP contribution in [0.25, 0.3) is 11.1 Å². The number of hydrogen-bond donors (Lipinski definition) is 0. The smallest absolute Gasteiger partial charge is 0.227 e. The van der Waals surface area contributed by atoms with Gasteiger partial charge in [-0.15, -0.1) is 0 Å². The Labute approximate surface area is 163 Å². The quantitative estimate of drug-likeness (QED) is 0.702. The van der Waals surface area contributed by atoms with Gasteiger partial charge in [0, 0.05) is 54.8 Å². The number of carbonyl (C=O) groups excluding carboxylic acids is 1. The molecule has 1 aliphatic heterocycles. The van der Waals surface area contributed by atoms with Gasteiger partial charge in [0.15, 0.2) is 0 Å². The zero-order valence-corrected chi connectivity index (χ0v) is 15.4. The fraction of sp³-hybridized carbons (Fsp3) is 0.182. The van der Waals surface area contributed by atoms with Gasteiger partial charge < -0.3 is 9.64 Å². The molecule has 4 rings (SSSR count). The molecular formula is C22H18N4O2. The summed E-state index contributed by atoms with van der Waals surface area (Å²) in [5, 5.41) is 8.98. The molecule has 3 heterocycles. The lowest BCUT2D eigenvalue weighted by Crippen LogP contribution is -2.31. The predicted octanol–water partition coefficient (Wildman–Crippen LogP) is 3.50. The molecule has 2 aromatic heterocycles. The third-order valence-corrected chi connectivity index (χ3v) is 4.79. The van der Waals surface area contributed by atoms with E-state index in [0.717, 1.165) is 28.8 Å². The summed E-state index contributed by atoms with van der Waals surface area (Å²) in [7, 11) is 1.82. The van der Waals surface area contributed by atoms with Crippen LogP contribution in [0.5, 0.6) is 5.88 Å². The van der Waals surface area contributed by atoms with Crippen LogP contribution in [0, 0.1) is 11.3 Å². The Hall–Kier alpha value is -3.72. The van der Waals surface area contributed by atoms with Gasteiger partial charge in [0.25, 0.3) is 0 Å². The van der Waals surface area contributed by atoms with Crippen molar-refractivity contribution in [1.82, 2.24) is 9.97 Å². The number of ether oxygens (including phenoxy) is 1. The van der Waals surface area contributed by atoms with Crippen LogP contribution in [0.2, 0.25) is 0 Å². The molecule has 1 aliphatic rings. The topological polar surface area (TPSA) is 79.1 Å². The van der Waals surface area contributed by atoms with Gasteiger partial charge in [0.1, 0.15) is 6.61 Å². The van der Waals surface area contributed by atoms with Gasteiger partial charge in [-0.3, -0.25) is 9.78 Å². The molecule has 138 valence electrons. The minimum absolute atomic E-state index is 0.121. The maximum Gasteiger partial charge on any atom is 0.227 e. The number of anilines is 1. The lowest BCUT2D eigenvalue weighted by atomic mass is 9.94. The van der Waals surface area contributed by atoms with Gasteiger partial charge in [-0.2, -0.15) is 5.26 Å². The number of para-hydroxylation sites is 1. The van der Waals surface area contributed by atoms with Crippen molar-refractivity contribution in [2.45, 2.75) is 19.4 Å². The van der Waals surface area contributed by atoms with Crippen molar-refractivity contribution in [1.29, 1.82) is 5.26 Å². The van der Waals surface area contributed by atoms with Gasteiger partial charge >= 0.3 is 0 Å². The highest BCUT2D eigenvalue weighted by molar-refractivity contribution is 6.00. The highest BCUT2D eigenvalue weighted by Crippen LogP contribution is 2.37. The largest absolute Gasteiger partial charge is 0.473 e. The van der Waals surface area contributed by atoms with E-state index in [1.807, 2.05) is 25.2 Å². The summed E-state index contributed by atoms with van der Waals surface area (Å²) in [4.78, 5) is 22.4. The van der Waals surface area contributed by atoms with E-state index in [1.165, 1.54) is 5.56 Å². The van der Waals surface area contributed by atoms with Gasteiger partial charge in [0.2, 0.25) is 11.8 Å². The molecule has 0 N–H and O–H groups in total. The van der Waals surface area contributed by atoms with Gasteiger partial charge in [-0.25, -0.2) is 4.98 Å². The summed E-state index contributed by atoms with van der Waals surface area (Å²) in [6, 6.07) is 13.4. The highest BCUT2D eigenvalue weighted by Gasteiger charge is 2.24. The standard InChI is InChI=1S/C22H18N4O2/c1-26-21(27)6-5-17-3-2-4-19(22(17)26)18-9-16(12-24-13-18)14-28-20-10-15(11-23)7-8-25-20/h2-4,7-10,12-13H,5-6,14H2,1H3. The Bertz CT molecular complexity index is 1090. The van der Waals surface area contributed by atoms with Gasteiger partial charge in [-0.05, 0) is 24.1 Å². The molecule has 0 spiro atoms. The second-order valence-corrected chi connectivity index (χ2v) is 6.63. The fourth-order valence-corrected chi connectivity index (χ4v) is 3.39. The van der Waals surface area contributed by atoms with E-state index in [0.29, 0.717) is 17.9 Å². The Morgan fingerprint density at radius 1 is 1.21 bits per heavy atom. The van der Waals surface area contributed by atoms with Crippen LogP contribution in [0.15, 0.2) is 55.0 Å². The molecule has 0 unspecified atom stereocenters. The predicted molar refractivity (Wildman–Crippen MR) is 105 cm³/mol. The summed E-state index contributed by atoms with van der Waals surface area (Å²) in [6.45, 7) is 0.284. The molecule has 0 radical (unpaired) electrons. The first-order valence-electron chi connectivity index (χ1n) is 8.97. The second-order valence-electron chi connectivity index (χ2n) is 6.63. The minimum atomic E-state index is 0.121. The minimum Gasteiger partial charge on any atom is -0.473 e. The van der Waals surface area contributed by atoms with Crippen molar-refractivity contribution < 1.29 is 9.53 Å². The zero-order valence-electron chi connectivity index (χ0n) is 15.4. The normalized spacial score (nSPS) is 13.0. The molecule has 3 aromatic rings. The molecule has 6 nitrogen and oxygen atoms in total. The Morgan fingerprint density at radius 3 is 2.96 bits per heavy atom. The summed E-state index contributed by atoms with van der Waals surface area (Å²) < 4.78 is 5.71. The van der Waals surface area contributed by atoms with E-state index in [2.05, 4.69) is 22.1 Å². The Balaban J connectivity index is 1.61. The highest BCUT2D eigenvalue weighted by atomic mass is 16.5. The Morgan fingerprint density at radius 2 is 2.11 bits per heavy atom. The fourth-order valence-electron chi connectivity index (χ4n) is 3.39. The number of nitrogens with zero attached hydrogens (tertiary/aromatic N) is 4. The van der Waals surface area contributed by atoms with E-state index in [-0.39, 0.29) is 12.5 Å². The number of aryl methyl sites for hydroxylation is 1. The van der Waals surface area contributed by atoms with Crippen molar-refractivity contribution >= 4 is 11.6 Å². The summed E-state index contributed by atoms with van der Waals surface area (Å²) in [5.74, 6) is 0.516. The summed E-state index contributed by atoms with van der Waals surface area (Å²) in [6.07, 6.45) is 6.37. The maximum atomic E-state index is 12.2. The molecule has 0 fully saturated rings. The van der Waals surface area contributed by atoms with Crippen LogP contribution in [0.4, 0.5) is 5.69 Å². The number of nitriles is 1. The van der Waals surface area contributed by atoms with Gasteiger partial charge in [0.05, 0.1) is 17.3 Å². The second kappa shape index (κ2) is 7.49. The maximum absolute atomic E-state index is 12.2. The monoisotopic (exact) mass is 370 g/mol. The molecule has 28 heavy (non-hydrogen) atoms. The van der Waals surface area contributed by atoms with Crippen LogP contribution >= 0.6 is 0 Å². The molecule has 1 aromatic carbocycles. The van der Waals surface area contributed by atoms with Crippen molar-refractivity contribution in [3.63, 3.8) is 0 Å². The molecular weight excluding hydrogens is 352 g/mol. The van der Waals surface area contributed by atoms with Crippen LogP contribution in [-0.2, 0) is 17.8 Å². The van der Waals surface area contributed by atoms with E-state index >= 15 is 0 Å². The number of amides is 1. The lowest BCUT2D eigenvalue weighted by molar-refractivity contribution is -0.118. The lowest BCUT2D eigenvalue weighted by Gasteiger charge is -2.28.